The molecule has 10 heteroatoms. The van der Waals surface area contributed by atoms with E-state index in [0.29, 0.717) is 23.5 Å². The van der Waals surface area contributed by atoms with Crippen LogP contribution in [0, 0.1) is 0 Å². The standard InChI is InChI=1S/C16H22N6O2.2ClH/c1-21(2)7-6-18-15(23)11-22-10-14(9-19-22)20-16(24)12-4-3-5-13(17)8-12;;/h3-5,8-10H,6-7,11,17H2,1-2H3,(H,18,23)(H,20,24);2*1H. The van der Waals surface area contributed by atoms with Gasteiger partial charge in [-0.15, -0.1) is 24.8 Å². The number of anilines is 2. The number of carbonyl (C=O) groups is 2. The zero-order valence-corrected chi connectivity index (χ0v) is 16.3. The molecule has 0 saturated carbocycles. The second-order valence-corrected chi connectivity index (χ2v) is 5.66. The molecule has 1 heterocycles. The van der Waals surface area contributed by atoms with Gasteiger partial charge in [-0.2, -0.15) is 5.10 Å². The zero-order valence-electron chi connectivity index (χ0n) is 14.6. The molecule has 0 aliphatic heterocycles. The Morgan fingerprint density at radius 2 is 2.00 bits per heavy atom. The van der Waals surface area contributed by atoms with Crippen LogP contribution in [0.5, 0.6) is 0 Å². The summed E-state index contributed by atoms with van der Waals surface area (Å²) in [6, 6.07) is 6.70. The third kappa shape index (κ3) is 7.73. The maximum Gasteiger partial charge on any atom is 0.255 e. The number of hydrogen-bond donors (Lipinski definition) is 3. The molecule has 2 aromatic rings. The molecule has 1 aromatic carbocycles. The summed E-state index contributed by atoms with van der Waals surface area (Å²) >= 11 is 0. The van der Waals surface area contributed by atoms with Gasteiger partial charge in [-0.3, -0.25) is 14.3 Å². The highest BCUT2D eigenvalue weighted by atomic mass is 35.5. The van der Waals surface area contributed by atoms with E-state index in [1.807, 2.05) is 19.0 Å². The first kappa shape index (κ1) is 23.7. The molecule has 0 fully saturated rings. The van der Waals surface area contributed by atoms with Gasteiger partial charge in [-0.1, -0.05) is 6.07 Å². The van der Waals surface area contributed by atoms with Crippen molar-refractivity contribution in [2.45, 2.75) is 6.54 Å². The number of amides is 2. The highest BCUT2D eigenvalue weighted by Gasteiger charge is 2.09. The molecule has 0 aliphatic carbocycles. The Morgan fingerprint density at radius 1 is 1.27 bits per heavy atom. The predicted octanol–water partition coefficient (Wildman–Crippen LogP) is 1.24. The lowest BCUT2D eigenvalue weighted by atomic mass is 10.2. The predicted molar refractivity (Wildman–Crippen MR) is 107 cm³/mol. The van der Waals surface area contributed by atoms with E-state index in [-0.39, 0.29) is 43.2 Å². The number of aromatic nitrogens is 2. The fourth-order valence-electron chi connectivity index (χ4n) is 2.02. The molecule has 4 N–H and O–H groups in total. The largest absolute Gasteiger partial charge is 0.399 e. The van der Waals surface area contributed by atoms with E-state index >= 15 is 0 Å². The van der Waals surface area contributed by atoms with Gasteiger partial charge in [0, 0.05) is 30.5 Å². The first-order valence-corrected chi connectivity index (χ1v) is 7.55. The molecule has 0 atom stereocenters. The van der Waals surface area contributed by atoms with Crippen LogP contribution in [0.15, 0.2) is 36.7 Å². The summed E-state index contributed by atoms with van der Waals surface area (Å²) < 4.78 is 1.47. The van der Waals surface area contributed by atoms with Crippen molar-refractivity contribution in [3.05, 3.63) is 42.2 Å². The molecule has 8 nitrogen and oxygen atoms in total. The normalized spacial score (nSPS) is 9.81. The van der Waals surface area contributed by atoms with Crippen LogP contribution < -0.4 is 16.4 Å². The number of benzene rings is 1. The molecule has 0 bridgehead atoms. The van der Waals surface area contributed by atoms with Crippen LogP contribution in [0.3, 0.4) is 0 Å². The van der Waals surface area contributed by atoms with Gasteiger partial charge in [0.2, 0.25) is 5.91 Å². The SMILES string of the molecule is CN(C)CCNC(=O)Cn1cc(NC(=O)c2cccc(N)c2)cn1.Cl.Cl. The van der Waals surface area contributed by atoms with Gasteiger partial charge >= 0.3 is 0 Å². The highest BCUT2D eigenvalue weighted by molar-refractivity contribution is 6.04. The van der Waals surface area contributed by atoms with Crippen LogP contribution >= 0.6 is 24.8 Å². The fourth-order valence-corrected chi connectivity index (χ4v) is 2.02. The lowest BCUT2D eigenvalue weighted by Crippen LogP contribution is -2.33. The second kappa shape index (κ2) is 11.3. The Bertz CT molecular complexity index is 720. The lowest BCUT2D eigenvalue weighted by Gasteiger charge is -2.10. The van der Waals surface area contributed by atoms with Crippen molar-refractivity contribution < 1.29 is 9.59 Å². The maximum absolute atomic E-state index is 12.1. The van der Waals surface area contributed by atoms with Gasteiger partial charge < -0.3 is 21.3 Å². The van der Waals surface area contributed by atoms with Crippen LogP contribution in [0.1, 0.15) is 10.4 Å². The molecule has 2 amide bonds. The summed E-state index contributed by atoms with van der Waals surface area (Å²) in [6.45, 7) is 1.44. The van der Waals surface area contributed by atoms with E-state index in [4.69, 9.17) is 5.73 Å². The molecule has 2 rings (SSSR count). The van der Waals surface area contributed by atoms with E-state index in [1.54, 1.807) is 30.5 Å². The average molecular weight is 403 g/mol. The number of hydrogen-bond acceptors (Lipinski definition) is 5. The topological polar surface area (TPSA) is 105 Å². The van der Waals surface area contributed by atoms with Crippen molar-refractivity contribution in [1.82, 2.24) is 20.0 Å². The number of nitrogens with one attached hydrogen (secondary N) is 2. The highest BCUT2D eigenvalue weighted by Crippen LogP contribution is 2.11. The summed E-state index contributed by atoms with van der Waals surface area (Å²) in [7, 11) is 3.88. The van der Waals surface area contributed by atoms with E-state index in [9.17, 15) is 9.59 Å². The molecule has 0 radical (unpaired) electrons. The Kier molecular flexibility index (Phi) is 10.3. The molecule has 0 aliphatic rings. The summed E-state index contributed by atoms with van der Waals surface area (Å²) in [4.78, 5) is 25.9. The second-order valence-electron chi connectivity index (χ2n) is 5.66. The molecule has 0 spiro atoms. The monoisotopic (exact) mass is 402 g/mol. The summed E-state index contributed by atoms with van der Waals surface area (Å²) in [6.07, 6.45) is 3.10. The van der Waals surface area contributed by atoms with Gasteiger partial charge in [-0.25, -0.2) is 0 Å². The number of halogens is 2. The first-order valence-electron chi connectivity index (χ1n) is 7.55. The maximum atomic E-state index is 12.1. The van der Waals surface area contributed by atoms with Gasteiger partial charge in [0.15, 0.2) is 0 Å². The van der Waals surface area contributed by atoms with Crippen molar-refractivity contribution in [1.29, 1.82) is 0 Å². The minimum absolute atomic E-state index is 0. The first-order chi connectivity index (χ1) is 11.4. The lowest BCUT2D eigenvalue weighted by molar-refractivity contribution is -0.121. The zero-order chi connectivity index (χ0) is 17.5. The molecular formula is C16H24Cl2N6O2. The van der Waals surface area contributed by atoms with Crippen molar-refractivity contribution >= 4 is 48.0 Å². The van der Waals surface area contributed by atoms with Crippen LogP contribution in [0.25, 0.3) is 0 Å². The third-order valence-electron chi connectivity index (χ3n) is 3.23. The van der Waals surface area contributed by atoms with E-state index < -0.39 is 0 Å². The summed E-state index contributed by atoms with van der Waals surface area (Å²) in [5.74, 6) is -0.411. The van der Waals surface area contributed by atoms with E-state index in [1.165, 1.54) is 10.9 Å². The Balaban J connectivity index is 0.00000312. The van der Waals surface area contributed by atoms with Crippen molar-refractivity contribution in [2.75, 3.05) is 38.2 Å². The van der Waals surface area contributed by atoms with Crippen LogP contribution in [-0.2, 0) is 11.3 Å². The van der Waals surface area contributed by atoms with E-state index in [2.05, 4.69) is 15.7 Å². The summed E-state index contributed by atoms with van der Waals surface area (Å²) in [5.41, 5.74) is 7.16. The molecule has 0 unspecified atom stereocenters. The quantitative estimate of drug-likeness (QED) is 0.604. The van der Waals surface area contributed by atoms with Gasteiger partial charge in [-0.05, 0) is 32.3 Å². The minimum Gasteiger partial charge on any atom is -0.399 e. The molecular weight excluding hydrogens is 379 g/mol. The number of likely N-dealkylation sites (N-methyl/N-ethyl adjacent to an activating group) is 1. The summed E-state index contributed by atoms with van der Waals surface area (Å²) in [5, 5.41) is 9.59. The number of nitrogens with zero attached hydrogens (tertiary/aromatic N) is 3. The van der Waals surface area contributed by atoms with Gasteiger partial charge in [0.25, 0.3) is 5.91 Å². The van der Waals surface area contributed by atoms with Gasteiger partial charge in [0.1, 0.15) is 6.54 Å². The molecule has 1 aromatic heterocycles. The van der Waals surface area contributed by atoms with Crippen LogP contribution in [0.4, 0.5) is 11.4 Å². The number of nitrogen functional groups attached to an aromatic ring is 1. The van der Waals surface area contributed by atoms with Crippen molar-refractivity contribution in [3.8, 4) is 0 Å². The Hall–Kier alpha value is -2.29. The number of carbonyl (C=O) groups excluding carboxylic acids is 2. The third-order valence-corrected chi connectivity index (χ3v) is 3.23. The Morgan fingerprint density at radius 3 is 2.65 bits per heavy atom. The molecule has 0 saturated heterocycles. The number of nitrogens with two attached hydrogens (primary N) is 1. The molecule has 144 valence electrons. The van der Waals surface area contributed by atoms with Crippen molar-refractivity contribution in [3.63, 3.8) is 0 Å². The number of rotatable bonds is 7. The molecule has 26 heavy (non-hydrogen) atoms. The van der Waals surface area contributed by atoms with Crippen molar-refractivity contribution in [2.24, 2.45) is 0 Å². The Labute approximate surface area is 164 Å². The minimum atomic E-state index is -0.280. The van der Waals surface area contributed by atoms with Crippen LogP contribution in [-0.4, -0.2) is 53.7 Å². The smallest absolute Gasteiger partial charge is 0.255 e. The van der Waals surface area contributed by atoms with Gasteiger partial charge in [0.05, 0.1) is 11.9 Å². The average Bonchev–Trinajstić information content (AvgIpc) is 2.93. The fraction of sp³-hybridized carbons (Fsp3) is 0.312. The van der Waals surface area contributed by atoms with Crippen LogP contribution in [0.2, 0.25) is 0 Å². The van der Waals surface area contributed by atoms with E-state index in [0.717, 1.165) is 6.54 Å².